The second kappa shape index (κ2) is 44.9. The standard InChI is InChI=1S/C17H25NO.C15H21F2N.C15H20FNO.C14H18FNO.C14H20FN.C14H19NO.C13H18FN.C12H15F2N/c1-3-18-17(15-9-5-4-8-14(15)2)11-7-6-10-16(17)12-13-19-16;1-3-18-14(10-6-7-11-15(14,16)17)13-9-5-4-8-12(13)2;1-17-15(12-5-4-6-13(16)11-12)8-3-2-7-14(15)9-10-18-14;15-12-5-3-4-11(10-12)14(16)7-2-1-6-13(14)8-9-17-13;1-11-6-3-4-9-14(11,16-2)12-7-5-8-13(15)10-12;15-14(12-6-2-1-3-7-12)9-5-4-8-13(14)10-11-16-13;1-10-5-2-3-8-13(10,15)11-6-4-7-12(14)9-11;13-12(14)9-5-4-8-11(12,15)10-6-2-1-3-7-10/h4-5,8-9,18H,3,6-7,10-13H2,1-2H3;4-5,8-9,18H,3,6-7,10-11H2,1-2H3;4-6,11,17H,2-3,7-10H2,1H3;3-5,10H,1-2,6-9,16H2;5,7-8,10-11,16H,3-4,6,9H2,1-2H3;1-3,6-7H,4-5,8-11,15H2;4,6-7,9-10H,2-3,5,8,15H2,1H3;1-3,6-7H,4-5,8-9,15H2/t16?,17-;14-;14?,15-;13?,14-;11?,14-;13?,14-;10?,13-;11-/m11110101/s1. The van der Waals surface area contributed by atoms with E-state index in [1.807, 2.05) is 94.7 Å². The fourth-order valence-corrected chi connectivity index (χ4v) is 25.6. The van der Waals surface area contributed by atoms with Gasteiger partial charge in [-0.25, -0.2) is 35.1 Å². The molecule has 0 bridgehead atoms. The minimum Gasteiger partial charge on any atom is -0.373 e. The van der Waals surface area contributed by atoms with E-state index >= 15 is 0 Å². The molecule has 0 amide bonds. The van der Waals surface area contributed by atoms with Gasteiger partial charge in [0.05, 0.1) is 71.0 Å². The van der Waals surface area contributed by atoms with Gasteiger partial charge in [-0.2, -0.15) is 0 Å². The van der Waals surface area contributed by atoms with Gasteiger partial charge in [0.25, 0.3) is 11.8 Å². The largest absolute Gasteiger partial charge is 0.373 e. The van der Waals surface area contributed by atoms with Crippen LogP contribution in [0.5, 0.6) is 0 Å². The van der Waals surface area contributed by atoms with E-state index in [0.717, 1.165) is 176 Å². The summed E-state index contributed by atoms with van der Waals surface area (Å²) in [5.41, 5.74) is 31.6. The monoisotopic (exact) mass is 1850 g/mol. The molecule has 4 saturated heterocycles. The summed E-state index contributed by atoms with van der Waals surface area (Å²) in [6, 6.07) is 63.0. The Morgan fingerprint density at radius 1 is 0.299 bits per heavy atom. The Bertz CT molecular complexity index is 5010. The predicted octanol–water partition coefficient (Wildman–Crippen LogP) is 25.5. The van der Waals surface area contributed by atoms with Crippen LogP contribution in [0.4, 0.5) is 35.1 Å². The van der Waals surface area contributed by atoms with Gasteiger partial charge < -0.3 is 63.1 Å². The van der Waals surface area contributed by atoms with E-state index in [2.05, 4.69) is 97.5 Å². The molecule has 8 saturated carbocycles. The maximum Gasteiger partial charge on any atom is 0.270 e. The maximum absolute atomic E-state index is 14.5. The van der Waals surface area contributed by atoms with Crippen LogP contribution in [0.2, 0.25) is 0 Å². The van der Waals surface area contributed by atoms with E-state index in [0.29, 0.717) is 49.6 Å². The molecule has 0 aromatic heterocycles. The number of benzene rings is 8. The van der Waals surface area contributed by atoms with E-state index in [9.17, 15) is 35.1 Å². The van der Waals surface area contributed by atoms with Crippen molar-refractivity contribution in [3.63, 3.8) is 0 Å². The van der Waals surface area contributed by atoms with E-state index < -0.39 is 28.5 Å². The Hall–Kier alpha value is -7.28. The highest BCUT2D eigenvalue weighted by molar-refractivity contribution is 5.41. The number of aryl methyl sites for hydroxylation is 2. The van der Waals surface area contributed by atoms with Gasteiger partial charge in [-0.3, -0.25) is 0 Å². The van der Waals surface area contributed by atoms with Crippen molar-refractivity contribution in [1.29, 1.82) is 0 Å². The van der Waals surface area contributed by atoms with Gasteiger partial charge in [0.1, 0.15) is 34.3 Å². The van der Waals surface area contributed by atoms with Crippen molar-refractivity contribution in [3.8, 4) is 0 Å². The Labute approximate surface area is 795 Å². The SMILES string of the molecule is CC1CCCC[C@@]1(N)c1cccc(F)c1.CCN[C@@]1(c2ccccc2C)CCCCC1(F)F.CCN[C@@]1(c2ccccc2C)CCCCC12CCO2.CN[C@@]1(c2cccc(F)c2)CCCCC12CCO2.CN[C@@]1(c2cccc(F)c2)CCCCC1C.N[C@@]1(c2cccc(F)c2)CCCCC12CCO2.N[C@@]1(c2ccccc2)CCCCC1(F)F.N[C@@]1(c2ccccc2)CCCCC12CCO2. The fourth-order valence-electron chi connectivity index (χ4n) is 25.6. The first-order valence-electron chi connectivity index (χ1n) is 50.9. The van der Waals surface area contributed by atoms with Crippen LogP contribution in [0, 0.1) is 49.0 Å². The van der Waals surface area contributed by atoms with Gasteiger partial charge in [0, 0.05) is 49.6 Å². The van der Waals surface area contributed by atoms with E-state index in [1.54, 1.807) is 66.7 Å². The number of nitrogens with one attached hydrogen (secondary N) is 4. The number of nitrogens with two attached hydrogens (primary N) is 4. The summed E-state index contributed by atoms with van der Waals surface area (Å²) >= 11 is 0. The van der Waals surface area contributed by atoms with Crippen LogP contribution in [0.3, 0.4) is 0 Å². The lowest BCUT2D eigenvalue weighted by Gasteiger charge is -2.59. The average Bonchev–Trinajstić information content (AvgIpc) is 0.714. The predicted molar refractivity (Wildman–Crippen MR) is 526 cm³/mol. The van der Waals surface area contributed by atoms with Gasteiger partial charge in [-0.15, -0.1) is 0 Å². The molecule has 12 fully saturated rings. The van der Waals surface area contributed by atoms with Crippen LogP contribution < -0.4 is 44.2 Å². The third-order valence-electron chi connectivity index (χ3n) is 33.8. The number of hydrogen-bond donors (Lipinski definition) is 8. The second-order valence-electron chi connectivity index (χ2n) is 40.9. The van der Waals surface area contributed by atoms with Crippen LogP contribution in [0.15, 0.2) is 206 Å². The molecular weight excluding hydrogens is 1700 g/mol. The number of alkyl halides is 4. The number of ether oxygens (including phenoxy) is 4. The third-order valence-corrected chi connectivity index (χ3v) is 33.8. The lowest BCUT2D eigenvalue weighted by Crippen LogP contribution is -2.67. The Kier molecular flexibility index (Phi) is 34.9. The molecule has 4 spiro atoms. The molecule has 20 heteroatoms. The molecule has 12 aliphatic rings. The first kappa shape index (κ1) is 104. The highest BCUT2D eigenvalue weighted by Gasteiger charge is 2.62. The second-order valence-corrected chi connectivity index (χ2v) is 40.9. The molecule has 0 radical (unpaired) electrons. The fraction of sp³-hybridized carbons (Fsp3) is 0.579. The number of likely N-dealkylation sites (N-methyl/N-ethyl adjacent to an activating group) is 2. The van der Waals surface area contributed by atoms with Gasteiger partial charge in [0.15, 0.2) is 0 Å². The summed E-state index contributed by atoms with van der Waals surface area (Å²) in [6.07, 6.45) is 35.6. The number of rotatable bonds is 14. The molecule has 4 heterocycles. The molecule has 12 nitrogen and oxygen atoms in total. The normalized spacial score (nSPS) is 33.0. The zero-order valence-corrected chi connectivity index (χ0v) is 81.4. The number of hydrogen-bond acceptors (Lipinski definition) is 12. The topological polar surface area (TPSA) is 189 Å². The first-order chi connectivity index (χ1) is 64.3. The summed E-state index contributed by atoms with van der Waals surface area (Å²) in [7, 11) is 3.96. The van der Waals surface area contributed by atoms with E-state index in [-0.39, 0.29) is 86.2 Å². The average molecular weight is 1850 g/mol. The first-order valence-corrected chi connectivity index (χ1v) is 50.9. The molecule has 4 aliphatic heterocycles. The molecule has 6 unspecified atom stereocenters. The Morgan fingerprint density at radius 2 is 0.627 bits per heavy atom. The Balaban J connectivity index is 0.000000130. The van der Waals surface area contributed by atoms with Crippen molar-refractivity contribution in [1.82, 2.24) is 21.3 Å². The van der Waals surface area contributed by atoms with Crippen LogP contribution in [-0.4, -0.2) is 87.9 Å². The quantitative estimate of drug-likeness (QED) is 0.0482. The maximum atomic E-state index is 14.5. The van der Waals surface area contributed by atoms with E-state index in [1.165, 1.54) is 124 Å². The van der Waals surface area contributed by atoms with Crippen LogP contribution >= 0.6 is 0 Å². The van der Waals surface area contributed by atoms with Gasteiger partial charge in [0.2, 0.25) is 0 Å². The molecule has 8 aromatic rings. The summed E-state index contributed by atoms with van der Waals surface area (Å²) in [6.45, 7) is 17.7. The van der Waals surface area contributed by atoms with Crippen LogP contribution in [0.1, 0.15) is 314 Å². The summed E-state index contributed by atoms with van der Waals surface area (Å²) in [4.78, 5) is 0. The van der Waals surface area contributed by atoms with Crippen molar-refractivity contribution in [2.45, 2.75) is 351 Å². The zero-order chi connectivity index (χ0) is 95.6. The van der Waals surface area contributed by atoms with Crippen molar-refractivity contribution in [3.05, 3.63) is 285 Å². The lowest BCUT2D eigenvalue weighted by atomic mass is 9.61. The molecule has 8 aromatic carbocycles. The zero-order valence-electron chi connectivity index (χ0n) is 81.4. The smallest absolute Gasteiger partial charge is 0.270 e. The number of halogens is 8. The Morgan fingerprint density at radius 3 is 1.06 bits per heavy atom. The molecule has 12 N–H and O–H groups in total. The van der Waals surface area contributed by atoms with Crippen LogP contribution in [-0.2, 0) is 63.3 Å². The van der Waals surface area contributed by atoms with Gasteiger partial charge in [-0.1, -0.05) is 275 Å². The lowest BCUT2D eigenvalue weighted by molar-refractivity contribution is -0.218. The van der Waals surface area contributed by atoms with Gasteiger partial charge >= 0.3 is 0 Å². The molecule has 14 atom stereocenters. The molecule has 8 aliphatic carbocycles. The highest BCUT2D eigenvalue weighted by Crippen LogP contribution is 2.58. The summed E-state index contributed by atoms with van der Waals surface area (Å²) < 4.78 is 134. The minimum atomic E-state index is -2.79. The highest BCUT2D eigenvalue weighted by atomic mass is 19.3. The molecular formula is C114H156F8N8O4. The van der Waals surface area contributed by atoms with Gasteiger partial charge in [-0.05, 0) is 260 Å². The third kappa shape index (κ3) is 21.1. The minimum absolute atomic E-state index is 0.0195. The summed E-state index contributed by atoms with van der Waals surface area (Å²) in [5.74, 6) is -5.16. The molecule has 134 heavy (non-hydrogen) atoms. The molecule has 732 valence electrons. The van der Waals surface area contributed by atoms with E-state index in [4.69, 9.17) is 41.9 Å². The van der Waals surface area contributed by atoms with Crippen molar-refractivity contribution in [2.75, 3.05) is 53.6 Å². The van der Waals surface area contributed by atoms with Crippen LogP contribution in [0.25, 0.3) is 0 Å². The molecule has 20 rings (SSSR count). The van der Waals surface area contributed by atoms with Crippen molar-refractivity contribution in [2.24, 2.45) is 34.8 Å². The summed E-state index contributed by atoms with van der Waals surface area (Å²) in [5, 5.41) is 13.8. The van der Waals surface area contributed by atoms with Crippen molar-refractivity contribution < 1.29 is 54.1 Å². The van der Waals surface area contributed by atoms with Crippen molar-refractivity contribution >= 4 is 0 Å².